The molecule has 7 nitrogen and oxygen atoms in total. The van der Waals surface area contributed by atoms with Crippen LogP contribution in [0, 0.1) is 0 Å². The number of aryl methyl sites for hydroxylation is 2. The molecule has 0 unspecified atom stereocenters. The molecule has 0 amide bonds. The van der Waals surface area contributed by atoms with Crippen molar-refractivity contribution in [2.75, 3.05) is 43.9 Å². The third-order valence-corrected chi connectivity index (χ3v) is 4.73. The van der Waals surface area contributed by atoms with Crippen molar-refractivity contribution in [2.45, 2.75) is 39.7 Å². The average molecular weight is 343 g/mol. The van der Waals surface area contributed by atoms with E-state index in [1.807, 2.05) is 19.9 Å². The summed E-state index contributed by atoms with van der Waals surface area (Å²) in [5, 5.41) is 0. The zero-order valence-electron chi connectivity index (χ0n) is 15.6. The summed E-state index contributed by atoms with van der Waals surface area (Å²) in [5.41, 5.74) is 7.69. The van der Waals surface area contributed by atoms with Gasteiger partial charge in [0, 0.05) is 51.4 Å². The van der Waals surface area contributed by atoms with E-state index in [0.29, 0.717) is 5.95 Å². The Morgan fingerprint density at radius 1 is 0.920 bits per heavy atom. The van der Waals surface area contributed by atoms with Crippen LogP contribution in [0.15, 0.2) is 12.3 Å². The lowest BCUT2D eigenvalue weighted by molar-refractivity contribution is 0.312. The molecular formula is C18H29N7. The van der Waals surface area contributed by atoms with Crippen molar-refractivity contribution in [3.63, 3.8) is 0 Å². The van der Waals surface area contributed by atoms with Crippen LogP contribution in [0.2, 0.25) is 0 Å². The van der Waals surface area contributed by atoms with Crippen LogP contribution in [0.25, 0.3) is 11.4 Å². The van der Waals surface area contributed by atoms with E-state index in [1.165, 1.54) is 12.8 Å². The van der Waals surface area contributed by atoms with Gasteiger partial charge >= 0.3 is 0 Å². The molecule has 0 aromatic carbocycles. The number of aromatic nitrogens is 4. The fourth-order valence-electron chi connectivity index (χ4n) is 3.32. The smallest absolute Gasteiger partial charge is 0.222 e. The molecule has 0 radical (unpaired) electrons. The highest BCUT2D eigenvalue weighted by Gasteiger charge is 2.19. The summed E-state index contributed by atoms with van der Waals surface area (Å²) in [7, 11) is 2.15. The Hall–Kier alpha value is -2.15. The molecule has 0 saturated carbocycles. The summed E-state index contributed by atoms with van der Waals surface area (Å²) in [5.74, 6) is 2.39. The first-order valence-electron chi connectivity index (χ1n) is 9.33. The first-order chi connectivity index (χ1) is 12.2. The van der Waals surface area contributed by atoms with Gasteiger partial charge in [0.1, 0.15) is 17.3 Å². The van der Waals surface area contributed by atoms with Crippen LogP contribution in [0.4, 0.5) is 11.8 Å². The van der Waals surface area contributed by atoms with Crippen LogP contribution >= 0.6 is 0 Å². The lowest BCUT2D eigenvalue weighted by Crippen LogP contribution is -2.44. The van der Waals surface area contributed by atoms with Gasteiger partial charge in [0.05, 0.1) is 5.69 Å². The minimum Gasteiger partial charge on any atom is -0.368 e. The Balaban J connectivity index is 0.000000880. The third-order valence-electron chi connectivity index (χ3n) is 4.73. The van der Waals surface area contributed by atoms with Crippen LogP contribution in [0.5, 0.6) is 0 Å². The fraction of sp³-hybridized carbons (Fsp3) is 0.611. The minimum atomic E-state index is 0.322. The number of anilines is 2. The van der Waals surface area contributed by atoms with Gasteiger partial charge < -0.3 is 20.1 Å². The van der Waals surface area contributed by atoms with E-state index in [0.717, 1.165) is 62.2 Å². The van der Waals surface area contributed by atoms with E-state index >= 15 is 0 Å². The number of likely N-dealkylation sites (N-methyl/N-ethyl adjacent to an activating group) is 1. The lowest BCUT2D eigenvalue weighted by atomic mass is 10.2. The largest absolute Gasteiger partial charge is 0.368 e. The Kier molecular flexibility index (Phi) is 5.53. The van der Waals surface area contributed by atoms with E-state index in [-0.39, 0.29) is 0 Å². The lowest BCUT2D eigenvalue weighted by Gasteiger charge is -2.33. The second-order valence-corrected chi connectivity index (χ2v) is 6.45. The van der Waals surface area contributed by atoms with Crippen molar-refractivity contribution < 1.29 is 0 Å². The van der Waals surface area contributed by atoms with Crippen molar-refractivity contribution in [3.05, 3.63) is 18.1 Å². The maximum atomic E-state index is 5.96. The fourth-order valence-corrected chi connectivity index (χ4v) is 3.32. The van der Waals surface area contributed by atoms with Gasteiger partial charge in [-0.15, -0.1) is 0 Å². The molecular weight excluding hydrogens is 314 g/mol. The molecule has 4 rings (SSSR count). The summed E-state index contributed by atoms with van der Waals surface area (Å²) in [6.07, 6.45) is 5.59. The number of nitrogens with two attached hydrogens (primary N) is 1. The highest BCUT2D eigenvalue weighted by atomic mass is 15.3. The van der Waals surface area contributed by atoms with Crippen molar-refractivity contribution in [1.29, 1.82) is 0 Å². The number of fused-ring (bicyclic) bond motifs is 1. The van der Waals surface area contributed by atoms with Crippen LogP contribution < -0.4 is 10.6 Å². The number of rotatable bonds is 2. The molecule has 4 heterocycles. The van der Waals surface area contributed by atoms with Crippen molar-refractivity contribution in [1.82, 2.24) is 24.4 Å². The van der Waals surface area contributed by atoms with Crippen LogP contribution in [-0.4, -0.2) is 57.6 Å². The van der Waals surface area contributed by atoms with Gasteiger partial charge in [-0.1, -0.05) is 13.8 Å². The second-order valence-electron chi connectivity index (χ2n) is 6.45. The molecule has 2 aromatic heterocycles. The molecule has 136 valence electrons. The highest BCUT2D eigenvalue weighted by Crippen LogP contribution is 2.25. The Bertz CT molecular complexity index is 678. The minimum absolute atomic E-state index is 0.322. The van der Waals surface area contributed by atoms with Crippen LogP contribution in [-0.2, 0) is 13.0 Å². The molecule has 7 heteroatoms. The zero-order chi connectivity index (χ0) is 17.8. The van der Waals surface area contributed by atoms with Crippen molar-refractivity contribution >= 4 is 11.8 Å². The SMILES string of the molecule is CC.CN1CCN(c2cc(-c3cn4c(n3)CCCC4)nc(N)n2)CC1. The van der Waals surface area contributed by atoms with Gasteiger partial charge in [-0.2, -0.15) is 4.98 Å². The van der Waals surface area contributed by atoms with Gasteiger partial charge in [-0.3, -0.25) is 0 Å². The first-order valence-corrected chi connectivity index (χ1v) is 9.33. The number of hydrogen-bond acceptors (Lipinski definition) is 6. The second kappa shape index (κ2) is 7.82. The molecule has 1 saturated heterocycles. The molecule has 2 aromatic rings. The Labute approximate surface area is 149 Å². The number of imidazole rings is 1. The maximum absolute atomic E-state index is 5.96. The molecule has 0 aliphatic carbocycles. The average Bonchev–Trinajstić information content (AvgIpc) is 3.08. The molecule has 2 N–H and O–H groups in total. The molecule has 0 bridgehead atoms. The maximum Gasteiger partial charge on any atom is 0.222 e. The molecule has 25 heavy (non-hydrogen) atoms. The van der Waals surface area contributed by atoms with E-state index < -0.39 is 0 Å². The van der Waals surface area contributed by atoms with E-state index in [2.05, 4.69) is 37.6 Å². The topological polar surface area (TPSA) is 76.1 Å². The summed E-state index contributed by atoms with van der Waals surface area (Å²) in [4.78, 5) is 18.2. The quantitative estimate of drug-likeness (QED) is 0.899. The zero-order valence-corrected chi connectivity index (χ0v) is 15.6. The standard InChI is InChI=1S/C16H23N7.C2H6/c1-21-6-8-22(9-7-21)15-10-12(19-16(17)20-15)13-11-23-5-3-2-4-14(23)18-13;1-2/h10-11H,2-9H2,1H3,(H2,17,19,20);1-2H3. The number of nitrogen functional groups attached to an aromatic ring is 1. The van der Waals surface area contributed by atoms with Gasteiger partial charge in [0.2, 0.25) is 5.95 Å². The van der Waals surface area contributed by atoms with Crippen molar-refractivity contribution in [2.24, 2.45) is 0 Å². The molecule has 0 spiro atoms. The van der Waals surface area contributed by atoms with Gasteiger partial charge in [-0.05, 0) is 19.9 Å². The molecule has 2 aliphatic heterocycles. The Morgan fingerprint density at radius 2 is 1.68 bits per heavy atom. The van der Waals surface area contributed by atoms with E-state index in [1.54, 1.807) is 0 Å². The Morgan fingerprint density at radius 3 is 2.40 bits per heavy atom. The van der Waals surface area contributed by atoms with Gasteiger partial charge in [-0.25, -0.2) is 9.97 Å². The van der Waals surface area contributed by atoms with Crippen LogP contribution in [0.3, 0.4) is 0 Å². The summed E-state index contributed by atoms with van der Waals surface area (Å²) in [6.45, 7) is 9.06. The summed E-state index contributed by atoms with van der Waals surface area (Å²) >= 11 is 0. The van der Waals surface area contributed by atoms with Crippen molar-refractivity contribution in [3.8, 4) is 11.4 Å². The first kappa shape index (κ1) is 17.7. The monoisotopic (exact) mass is 343 g/mol. The van der Waals surface area contributed by atoms with Gasteiger partial charge in [0.15, 0.2) is 0 Å². The number of piperazine rings is 1. The molecule has 2 aliphatic rings. The summed E-state index contributed by atoms with van der Waals surface area (Å²) < 4.78 is 2.24. The van der Waals surface area contributed by atoms with E-state index in [4.69, 9.17) is 10.7 Å². The van der Waals surface area contributed by atoms with Crippen LogP contribution in [0.1, 0.15) is 32.5 Å². The number of hydrogen-bond donors (Lipinski definition) is 1. The number of nitrogens with zero attached hydrogens (tertiary/aromatic N) is 6. The normalized spacial score (nSPS) is 17.6. The predicted octanol–water partition coefficient (Wildman–Crippen LogP) is 2.04. The molecule has 1 fully saturated rings. The third kappa shape index (κ3) is 3.92. The molecule has 0 atom stereocenters. The van der Waals surface area contributed by atoms with E-state index in [9.17, 15) is 0 Å². The predicted molar refractivity (Wildman–Crippen MR) is 102 cm³/mol. The summed E-state index contributed by atoms with van der Waals surface area (Å²) in [6, 6.07) is 2.02. The highest BCUT2D eigenvalue weighted by molar-refractivity contribution is 5.61. The van der Waals surface area contributed by atoms with Gasteiger partial charge in [0.25, 0.3) is 0 Å².